The number of nitrogens with zero attached hydrogens (tertiary/aromatic N) is 3. The van der Waals surface area contributed by atoms with Crippen molar-refractivity contribution >= 4 is 17.7 Å². The lowest BCUT2D eigenvalue weighted by Crippen LogP contribution is -2.40. The molecule has 1 atom stereocenters. The van der Waals surface area contributed by atoms with Crippen molar-refractivity contribution in [1.82, 2.24) is 14.7 Å². The van der Waals surface area contributed by atoms with E-state index >= 15 is 0 Å². The minimum atomic E-state index is 0.117. The second-order valence-electron chi connectivity index (χ2n) is 6.50. The number of carbonyl (C=O) groups excluding carboxylic acids is 1. The van der Waals surface area contributed by atoms with E-state index in [-0.39, 0.29) is 11.9 Å². The molecule has 4 nitrogen and oxygen atoms in total. The first-order valence-corrected chi connectivity index (χ1v) is 9.50. The SMILES string of the molecule is Cc1ccccc1SC1CCN(C(=O)C[C@@H](C)n2cccn2)CC1. The molecule has 0 aliphatic carbocycles. The van der Waals surface area contributed by atoms with Crippen LogP contribution in [0.3, 0.4) is 0 Å². The lowest BCUT2D eigenvalue weighted by atomic mass is 10.1. The van der Waals surface area contributed by atoms with Crippen LogP contribution in [-0.4, -0.2) is 38.9 Å². The lowest BCUT2D eigenvalue weighted by molar-refractivity contribution is -0.132. The first-order chi connectivity index (χ1) is 11.6. The van der Waals surface area contributed by atoms with Crippen LogP contribution in [-0.2, 0) is 4.79 Å². The van der Waals surface area contributed by atoms with Gasteiger partial charge in [-0.2, -0.15) is 5.10 Å². The maximum Gasteiger partial charge on any atom is 0.224 e. The monoisotopic (exact) mass is 343 g/mol. The van der Waals surface area contributed by atoms with Gasteiger partial charge in [-0.15, -0.1) is 11.8 Å². The van der Waals surface area contributed by atoms with Crippen LogP contribution < -0.4 is 0 Å². The van der Waals surface area contributed by atoms with Crippen molar-refractivity contribution in [2.75, 3.05) is 13.1 Å². The van der Waals surface area contributed by atoms with Gasteiger partial charge in [0.1, 0.15) is 0 Å². The normalized spacial score (nSPS) is 17.0. The molecule has 1 aliphatic heterocycles. The summed E-state index contributed by atoms with van der Waals surface area (Å²) < 4.78 is 1.86. The third kappa shape index (κ3) is 4.20. The van der Waals surface area contributed by atoms with Crippen molar-refractivity contribution in [2.45, 2.75) is 49.3 Å². The quantitative estimate of drug-likeness (QED) is 0.826. The Morgan fingerprint density at radius 1 is 1.29 bits per heavy atom. The second kappa shape index (κ2) is 7.88. The Morgan fingerprint density at radius 3 is 2.71 bits per heavy atom. The number of piperidine rings is 1. The van der Waals surface area contributed by atoms with Crippen molar-refractivity contribution < 1.29 is 4.79 Å². The van der Waals surface area contributed by atoms with E-state index in [1.165, 1.54) is 10.5 Å². The van der Waals surface area contributed by atoms with Gasteiger partial charge in [0.25, 0.3) is 0 Å². The standard InChI is InChI=1S/C19H25N3OS/c1-15-6-3-4-7-18(15)24-17-8-12-21(13-9-17)19(23)14-16(2)22-11-5-10-20-22/h3-7,10-11,16-17H,8-9,12-14H2,1-2H3/t16-/m1/s1. The summed E-state index contributed by atoms with van der Waals surface area (Å²) in [5.41, 5.74) is 1.34. The predicted octanol–water partition coefficient (Wildman–Crippen LogP) is 3.93. The van der Waals surface area contributed by atoms with E-state index in [2.05, 4.69) is 36.3 Å². The number of benzene rings is 1. The summed E-state index contributed by atoms with van der Waals surface area (Å²) >= 11 is 1.96. The number of hydrogen-bond acceptors (Lipinski definition) is 3. The molecular weight excluding hydrogens is 318 g/mol. The highest BCUT2D eigenvalue weighted by atomic mass is 32.2. The molecule has 0 unspecified atom stereocenters. The molecule has 0 radical (unpaired) electrons. The van der Waals surface area contributed by atoms with E-state index in [4.69, 9.17) is 0 Å². The van der Waals surface area contributed by atoms with Crippen molar-refractivity contribution in [3.8, 4) is 0 Å². The van der Waals surface area contributed by atoms with Gasteiger partial charge in [-0.25, -0.2) is 0 Å². The van der Waals surface area contributed by atoms with Gasteiger partial charge in [0.15, 0.2) is 0 Å². The number of rotatable bonds is 5. The van der Waals surface area contributed by atoms with Crippen LogP contribution in [0.1, 0.15) is 37.8 Å². The topological polar surface area (TPSA) is 38.1 Å². The fourth-order valence-electron chi connectivity index (χ4n) is 3.11. The first-order valence-electron chi connectivity index (χ1n) is 8.62. The van der Waals surface area contributed by atoms with Crippen LogP contribution in [0.2, 0.25) is 0 Å². The Hall–Kier alpha value is -1.75. The smallest absolute Gasteiger partial charge is 0.224 e. The predicted molar refractivity (Wildman–Crippen MR) is 98.2 cm³/mol. The fraction of sp³-hybridized carbons (Fsp3) is 0.474. The molecule has 1 aromatic carbocycles. The summed E-state index contributed by atoms with van der Waals surface area (Å²) in [6, 6.07) is 10.6. The molecular formula is C19H25N3OS. The first kappa shape index (κ1) is 17.1. The fourth-order valence-corrected chi connectivity index (χ4v) is 4.32. The zero-order valence-electron chi connectivity index (χ0n) is 14.4. The Morgan fingerprint density at radius 2 is 2.04 bits per heavy atom. The zero-order chi connectivity index (χ0) is 16.9. The van der Waals surface area contributed by atoms with Crippen LogP contribution in [0.4, 0.5) is 0 Å². The Bertz CT molecular complexity index is 663. The molecule has 0 bridgehead atoms. The number of hydrogen-bond donors (Lipinski definition) is 0. The van der Waals surface area contributed by atoms with Gasteiger partial charge in [-0.05, 0) is 44.4 Å². The molecule has 1 saturated heterocycles. The number of carbonyl (C=O) groups is 1. The van der Waals surface area contributed by atoms with E-state index in [0.29, 0.717) is 11.7 Å². The third-order valence-electron chi connectivity index (χ3n) is 4.63. The molecule has 2 heterocycles. The lowest BCUT2D eigenvalue weighted by Gasteiger charge is -2.32. The Labute approximate surface area is 148 Å². The van der Waals surface area contributed by atoms with Gasteiger partial charge in [-0.3, -0.25) is 9.48 Å². The van der Waals surface area contributed by atoms with Crippen molar-refractivity contribution in [3.63, 3.8) is 0 Å². The maximum absolute atomic E-state index is 12.5. The molecule has 0 spiro atoms. The Kier molecular flexibility index (Phi) is 5.61. The van der Waals surface area contributed by atoms with E-state index in [9.17, 15) is 4.79 Å². The third-order valence-corrected chi connectivity index (χ3v) is 6.15. The minimum Gasteiger partial charge on any atom is -0.343 e. The summed E-state index contributed by atoms with van der Waals surface area (Å²) in [7, 11) is 0. The van der Waals surface area contributed by atoms with Crippen molar-refractivity contribution in [1.29, 1.82) is 0 Å². The maximum atomic E-state index is 12.5. The highest BCUT2D eigenvalue weighted by Crippen LogP contribution is 2.32. The van der Waals surface area contributed by atoms with Crippen molar-refractivity contribution in [2.24, 2.45) is 0 Å². The number of aryl methyl sites for hydroxylation is 1. The number of thioether (sulfide) groups is 1. The second-order valence-corrected chi connectivity index (χ2v) is 7.84. The zero-order valence-corrected chi connectivity index (χ0v) is 15.2. The molecule has 3 rings (SSSR count). The summed E-state index contributed by atoms with van der Waals surface area (Å²) in [6.45, 7) is 5.95. The van der Waals surface area contributed by atoms with E-state index in [0.717, 1.165) is 25.9 Å². The van der Waals surface area contributed by atoms with Crippen LogP contribution in [0, 0.1) is 6.92 Å². The van der Waals surface area contributed by atoms with E-state index < -0.39 is 0 Å². The van der Waals surface area contributed by atoms with Gasteiger partial charge in [0.2, 0.25) is 5.91 Å². The average Bonchev–Trinajstić information content (AvgIpc) is 3.12. The van der Waals surface area contributed by atoms with Gasteiger partial charge in [-0.1, -0.05) is 18.2 Å². The number of amides is 1. The highest BCUT2D eigenvalue weighted by molar-refractivity contribution is 8.00. The molecule has 1 aliphatic rings. The van der Waals surface area contributed by atoms with Crippen LogP contribution in [0.5, 0.6) is 0 Å². The largest absolute Gasteiger partial charge is 0.343 e. The van der Waals surface area contributed by atoms with Crippen LogP contribution in [0.25, 0.3) is 0 Å². The molecule has 1 amide bonds. The molecule has 2 aromatic rings. The number of likely N-dealkylation sites (tertiary alicyclic amines) is 1. The number of aromatic nitrogens is 2. The van der Waals surface area contributed by atoms with Gasteiger partial charge >= 0.3 is 0 Å². The minimum absolute atomic E-state index is 0.117. The van der Waals surface area contributed by atoms with Gasteiger partial charge in [0, 0.05) is 42.0 Å². The molecule has 1 aromatic heterocycles. The van der Waals surface area contributed by atoms with Crippen LogP contribution in [0.15, 0.2) is 47.6 Å². The summed E-state index contributed by atoms with van der Waals surface area (Å²) in [6.07, 6.45) is 6.34. The van der Waals surface area contributed by atoms with E-state index in [1.54, 1.807) is 6.20 Å². The van der Waals surface area contributed by atoms with Gasteiger partial charge in [0.05, 0.1) is 6.04 Å². The summed E-state index contributed by atoms with van der Waals surface area (Å²) in [5, 5.41) is 4.83. The summed E-state index contributed by atoms with van der Waals surface area (Å²) in [4.78, 5) is 15.9. The molecule has 0 saturated carbocycles. The van der Waals surface area contributed by atoms with E-state index in [1.807, 2.05) is 40.5 Å². The molecule has 0 N–H and O–H groups in total. The molecule has 1 fully saturated rings. The molecule has 128 valence electrons. The highest BCUT2D eigenvalue weighted by Gasteiger charge is 2.25. The average molecular weight is 343 g/mol. The van der Waals surface area contributed by atoms with Crippen molar-refractivity contribution in [3.05, 3.63) is 48.3 Å². The molecule has 5 heteroatoms. The Balaban J connectivity index is 1.48. The van der Waals surface area contributed by atoms with Gasteiger partial charge < -0.3 is 4.90 Å². The summed E-state index contributed by atoms with van der Waals surface area (Å²) in [5.74, 6) is 0.248. The molecule has 24 heavy (non-hydrogen) atoms. The van der Waals surface area contributed by atoms with Crippen LogP contribution >= 0.6 is 11.8 Å².